The summed E-state index contributed by atoms with van der Waals surface area (Å²) in [7, 11) is 0. The van der Waals surface area contributed by atoms with E-state index in [-0.39, 0.29) is 11.2 Å². The number of hydrogen-bond acceptors (Lipinski definition) is 4. The van der Waals surface area contributed by atoms with Crippen LogP contribution >= 0.6 is 11.8 Å². The second-order valence-corrected chi connectivity index (χ2v) is 7.47. The summed E-state index contributed by atoms with van der Waals surface area (Å²) in [5, 5.41) is 7.70. The molecule has 0 bridgehead atoms. The molecule has 1 unspecified atom stereocenters. The molecule has 1 saturated heterocycles. The van der Waals surface area contributed by atoms with Crippen LogP contribution in [0.2, 0.25) is 0 Å². The van der Waals surface area contributed by atoms with Crippen molar-refractivity contribution in [2.45, 2.75) is 49.9 Å². The van der Waals surface area contributed by atoms with Gasteiger partial charge in [0, 0.05) is 18.7 Å². The summed E-state index contributed by atoms with van der Waals surface area (Å²) in [5.74, 6) is 0.941. The normalized spacial score (nSPS) is 16.2. The molecule has 5 nitrogen and oxygen atoms in total. The molecule has 2 aromatic rings. The van der Waals surface area contributed by atoms with Crippen LogP contribution in [0.25, 0.3) is 11.4 Å². The van der Waals surface area contributed by atoms with Gasteiger partial charge in [0.15, 0.2) is 5.82 Å². The van der Waals surface area contributed by atoms with Gasteiger partial charge in [0.1, 0.15) is 0 Å². The van der Waals surface area contributed by atoms with Crippen LogP contribution in [-0.4, -0.2) is 44.3 Å². The summed E-state index contributed by atoms with van der Waals surface area (Å²) in [6, 6.07) is 8.31. The predicted molar refractivity (Wildman–Crippen MR) is 96.9 cm³/mol. The number of H-pyrrole nitrogens is 1. The molecule has 1 atom stereocenters. The largest absolute Gasteiger partial charge is 0.342 e. The molecular weight excluding hydrogens is 320 g/mol. The van der Waals surface area contributed by atoms with E-state index in [1.165, 1.54) is 23.7 Å². The van der Waals surface area contributed by atoms with E-state index < -0.39 is 0 Å². The van der Waals surface area contributed by atoms with Gasteiger partial charge < -0.3 is 4.90 Å². The van der Waals surface area contributed by atoms with Gasteiger partial charge in [-0.25, -0.2) is 4.98 Å². The average Bonchev–Trinajstić information content (AvgIpc) is 3.10. The van der Waals surface area contributed by atoms with Crippen LogP contribution in [-0.2, 0) is 11.2 Å². The van der Waals surface area contributed by atoms with Crippen LogP contribution in [0, 0.1) is 0 Å². The van der Waals surface area contributed by atoms with Gasteiger partial charge in [-0.15, -0.1) is 5.10 Å². The van der Waals surface area contributed by atoms with Crippen LogP contribution < -0.4 is 0 Å². The molecule has 3 rings (SSSR count). The molecule has 1 aromatic carbocycles. The van der Waals surface area contributed by atoms with Crippen LogP contribution in [0.15, 0.2) is 29.4 Å². The minimum Gasteiger partial charge on any atom is -0.342 e. The van der Waals surface area contributed by atoms with Gasteiger partial charge >= 0.3 is 0 Å². The van der Waals surface area contributed by atoms with Crippen molar-refractivity contribution in [2.24, 2.45) is 0 Å². The molecule has 2 heterocycles. The number of amides is 1. The van der Waals surface area contributed by atoms with E-state index in [0.29, 0.717) is 5.16 Å². The van der Waals surface area contributed by atoms with Crippen molar-refractivity contribution in [2.75, 3.05) is 13.1 Å². The number of likely N-dealkylation sites (tertiary alicyclic amines) is 1. The van der Waals surface area contributed by atoms with E-state index in [4.69, 9.17) is 0 Å². The molecule has 0 aliphatic carbocycles. The molecule has 1 N–H and O–H groups in total. The Morgan fingerprint density at radius 1 is 1.25 bits per heavy atom. The molecule has 6 heteroatoms. The van der Waals surface area contributed by atoms with Gasteiger partial charge in [-0.3, -0.25) is 9.89 Å². The average molecular weight is 344 g/mol. The smallest absolute Gasteiger partial charge is 0.235 e. The van der Waals surface area contributed by atoms with Crippen molar-refractivity contribution < 1.29 is 4.79 Å². The number of rotatable bonds is 5. The lowest BCUT2D eigenvalue weighted by Gasteiger charge is -2.28. The first-order valence-electron chi connectivity index (χ1n) is 8.64. The fourth-order valence-electron chi connectivity index (χ4n) is 2.91. The van der Waals surface area contributed by atoms with Gasteiger partial charge in [-0.05, 0) is 38.2 Å². The summed E-state index contributed by atoms with van der Waals surface area (Å²) >= 11 is 1.42. The first kappa shape index (κ1) is 17.0. The molecule has 24 heavy (non-hydrogen) atoms. The maximum absolute atomic E-state index is 12.5. The number of benzene rings is 1. The minimum atomic E-state index is -0.158. The molecule has 1 aromatic heterocycles. The van der Waals surface area contributed by atoms with E-state index in [2.05, 4.69) is 46.4 Å². The van der Waals surface area contributed by atoms with E-state index in [9.17, 15) is 4.79 Å². The first-order chi connectivity index (χ1) is 11.7. The topological polar surface area (TPSA) is 61.9 Å². The lowest BCUT2D eigenvalue weighted by Crippen LogP contribution is -2.40. The molecule has 128 valence electrons. The van der Waals surface area contributed by atoms with E-state index >= 15 is 0 Å². The Hall–Kier alpha value is -1.82. The maximum Gasteiger partial charge on any atom is 0.235 e. The summed E-state index contributed by atoms with van der Waals surface area (Å²) in [6.07, 6.45) is 4.48. The second-order valence-electron chi connectivity index (χ2n) is 6.16. The summed E-state index contributed by atoms with van der Waals surface area (Å²) in [5.41, 5.74) is 2.31. The Balaban J connectivity index is 1.63. The fraction of sp³-hybridized carbons (Fsp3) is 0.500. The number of thioether (sulfide) groups is 1. The van der Waals surface area contributed by atoms with Crippen LogP contribution in [0.3, 0.4) is 0 Å². The second kappa shape index (κ2) is 7.83. The lowest BCUT2D eigenvalue weighted by atomic mass is 10.1. The number of hydrogen-bond donors (Lipinski definition) is 1. The zero-order valence-corrected chi connectivity index (χ0v) is 15.1. The van der Waals surface area contributed by atoms with Crippen molar-refractivity contribution in [1.29, 1.82) is 0 Å². The van der Waals surface area contributed by atoms with Gasteiger partial charge in [0.05, 0.1) is 5.25 Å². The van der Waals surface area contributed by atoms with Crippen LogP contribution in [0.5, 0.6) is 0 Å². The van der Waals surface area contributed by atoms with Crippen molar-refractivity contribution in [3.63, 3.8) is 0 Å². The monoisotopic (exact) mass is 344 g/mol. The number of aromatic amines is 1. The Kier molecular flexibility index (Phi) is 5.56. The van der Waals surface area contributed by atoms with Crippen molar-refractivity contribution >= 4 is 17.7 Å². The Bertz CT molecular complexity index is 677. The molecule has 0 spiro atoms. The lowest BCUT2D eigenvalue weighted by molar-refractivity contribution is -0.131. The zero-order chi connectivity index (χ0) is 16.9. The number of carbonyl (C=O) groups is 1. The van der Waals surface area contributed by atoms with Gasteiger partial charge in [-0.1, -0.05) is 43.0 Å². The highest BCUT2D eigenvalue weighted by Gasteiger charge is 2.24. The number of nitrogens with zero attached hydrogens (tertiary/aromatic N) is 3. The van der Waals surface area contributed by atoms with Crippen molar-refractivity contribution in [3.8, 4) is 11.4 Å². The third-order valence-electron chi connectivity index (χ3n) is 4.40. The van der Waals surface area contributed by atoms with Gasteiger partial charge in [0.25, 0.3) is 0 Å². The standard InChI is InChI=1S/C18H24N4OS/c1-3-14-7-9-15(10-8-14)16-19-18(21-20-16)24-13(2)17(23)22-11-5-4-6-12-22/h7-10,13H,3-6,11-12H2,1-2H3,(H,19,20,21). The van der Waals surface area contributed by atoms with Crippen LogP contribution in [0.1, 0.15) is 38.7 Å². The number of nitrogens with one attached hydrogen (secondary N) is 1. The van der Waals surface area contributed by atoms with E-state index in [1.54, 1.807) is 0 Å². The predicted octanol–water partition coefficient (Wildman–Crippen LogP) is 3.53. The number of aryl methyl sites for hydroxylation is 1. The molecule has 1 fully saturated rings. The third-order valence-corrected chi connectivity index (χ3v) is 5.35. The SMILES string of the molecule is CCc1ccc(-c2nc(SC(C)C(=O)N3CCCCC3)n[nH]2)cc1. The Morgan fingerprint density at radius 2 is 1.96 bits per heavy atom. The zero-order valence-electron chi connectivity index (χ0n) is 14.3. The summed E-state index contributed by atoms with van der Waals surface area (Å²) in [6.45, 7) is 5.84. The van der Waals surface area contributed by atoms with Gasteiger partial charge in [-0.2, -0.15) is 0 Å². The Labute approximate surface area is 147 Å². The van der Waals surface area contributed by atoms with E-state index in [0.717, 1.165) is 43.7 Å². The van der Waals surface area contributed by atoms with Crippen molar-refractivity contribution in [1.82, 2.24) is 20.1 Å². The molecule has 0 radical (unpaired) electrons. The Morgan fingerprint density at radius 3 is 2.62 bits per heavy atom. The number of aromatic nitrogens is 3. The van der Waals surface area contributed by atoms with Crippen LogP contribution in [0.4, 0.5) is 0 Å². The fourth-order valence-corrected chi connectivity index (χ4v) is 3.71. The number of piperidine rings is 1. The van der Waals surface area contributed by atoms with Gasteiger partial charge in [0.2, 0.25) is 11.1 Å². The third kappa shape index (κ3) is 3.98. The highest BCUT2D eigenvalue weighted by Crippen LogP contribution is 2.25. The molecular formula is C18H24N4OS. The maximum atomic E-state index is 12.5. The number of carbonyl (C=O) groups excluding carboxylic acids is 1. The van der Waals surface area contributed by atoms with E-state index in [1.807, 2.05) is 11.8 Å². The molecule has 1 amide bonds. The highest BCUT2D eigenvalue weighted by molar-refractivity contribution is 8.00. The molecule has 1 aliphatic heterocycles. The quantitative estimate of drug-likeness (QED) is 0.843. The minimum absolute atomic E-state index is 0.158. The molecule has 0 saturated carbocycles. The molecule has 1 aliphatic rings. The summed E-state index contributed by atoms with van der Waals surface area (Å²) in [4.78, 5) is 19.0. The summed E-state index contributed by atoms with van der Waals surface area (Å²) < 4.78 is 0. The van der Waals surface area contributed by atoms with Crippen molar-refractivity contribution in [3.05, 3.63) is 29.8 Å². The highest BCUT2D eigenvalue weighted by atomic mass is 32.2. The first-order valence-corrected chi connectivity index (χ1v) is 9.52.